The molecule has 4 amide bonds. The number of aryl methyl sites for hydroxylation is 1. The lowest BCUT2D eigenvalue weighted by Crippen LogP contribution is -2.32. The average molecular weight is 653 g/mol. The van der Waals surface area contributed by atoms with E-state index in [9.17, 15) is 9.59 Å². The Bertz CT molecular complexity index is 1640. The van der Waals surface area contributed by atoms with Crippen LogP contribution in [0.2, 0.25) is 10.0 Å². The number of aromatic nitrogens is 3. The Hall–Kier alpha value is -4.48. The number of carbonyl (C=O) groups excluding carboxylic acids is 2. The Morgan fingerprint density at radius 1 is 0.956 bits per heavy atom. The van der Waals surface area contributed by atoms with Gasteiger partial charge in [0.15, 0.2) is 0 Å². The lowest BCUT2D eigenvalue weighted by Gasteiger charge is -2.16. The van der Waals surface area contributed by atoms with Crippen LogP contribution in [0, 0.1) is 0 Å². The minimum Gasteiger partial charge on any atom is -0.497 e. The minimum atomic E-state index is -0.515. The first-order valence-electron chi connectivity index (χ1n) is 14.8. The summed E-state index contributed by atoms with van der Waals surface area (Å²) in [4.78, 5) is 31.5. The number of urea groups is 2. The molecule has 0 bridgehead atoms. The van der Waals surface area contributed by atoms with Crippen LogP contribution in [0.25, 0.3) is 5.69 Å². The number of hydrogen-bond acceptors (Lipinski definition) is 6. The molecule has 4 aromatic rings. The molecule has 11 nitrogen and oxygen atoms in total. The third-order valence-electron chi connectivity index (χ3n) is 7.25. The Morgan fingerprint density at radius 2 is 1.73 bits per heavy atom. The fraction of sp³-hybridized carbons (Fsp3) is 0.312. The van der Waals surface area contributed by atoms with Crippen molar-refractivity contribution >= 4 is 52.6 Å². The number of likely N-dealkylation sites (tertiary alicyclic amines) is 1. The van der Waals surface area contributed by atoms with Crippen molar-refractivity contribution in [3.8, 4) is 17.2 Å². The van der Waals surface area contributed by atoms with Gasteiger partial charge in [-0.2, -0.15) is 5.10 Å². The van der Waals surface area contributed by atoms with E-state index in [4.69, 9.17) is 37.8 Å². The summed E-state index contributed by atoms with van der Waals surface area (Å²) < 4.78 is 12.9. The van der Waals surface area contributed by atoms with Gasteiger partial charge in [-0.05, 0) is 79.8 Å². The predicted octanol–water partition coefficient (Wildman–Crippen LogP) is 7.78. The van der Waals surface area contributed by atoms with Gasteiger partial charge in [0.05, 0.1) is 29.2 Å². The zero-order chi connectivity index (χ0) is 31.8. The summed E-state index contributed by atoms with van der Waals surface area (Å²) in [6.45, 7) is 3.77. The number of nitrogens with one attached hydrogen (secondary N) is 3. The second-order valence-corrected chi connectivity index (χ2v) is 11.3. The quantitative estimate of drug-likeness (QED) is 0.152. The van der Waals surface area contributed by atoms with Crippen molar-refractivity contribution in [1.82, 2.24) is 19.7 Å². The number of halogens is 2. The molecule has 1 aliphatic heterocycles. The number of methoxy groups -OCH3 is 1. The maximum absolute atomic E-state index is 13.1. The monoisotopic (exact) mass is 651 g/mol. The highest BCUT2D eigenvalue weighted by atomic mass is 35.5. The molecule has 2 aromatic carbocycles. The van der Waals surface area contributed by atoms with E-state index in [1.54, 1.807) is 47.2 Å². The first kappa shape index (κ1) is 31.9. The van der Waals surface area contributed by atoms with Crippen LogP contribution in [0.4, 0.5) is 26.9 Å². The summed E-state index contributed by atoms with van der Waals surface area (Å²) in [6, 6.07) is 15.3. The van der Waals surface area contributed by atoms with Crippen molar-refractivity contribution in [2.75, 3.05) is 36.1 Å². The molecule has 2 aromatic heterocycles. The smallest absolute Gasteiger partial charge is 0.324 e. The number of benzene rings is 2. The molecule has 45 heavy (non-hydrogen) atoms. The van der Waals surface area contributed by atoms with Crippen LogP contribution < -0.4 is 25.4 Å². The Kier molecular flexibility index (Phi) is 10.6. The number of amides is 4. The summed E-state index contributed by atoms with van der Waals surface area (Å²) >= 11 is 13.1. The van der Waals surface area contributed by atoms with Gasteiger partial charge in [-0.25, -0.2) is 19.3 Å². The largest absolute Gasteiger partial charge is 0.497 e. The van der Waals surface area contributed by atoms with E-state index in [1.807, 2.05) is 30.3 Å². The molecule has 1 aliphatic rings. The molecule has 236 valence electrons. The van der Waals surface area contributed by atoms with Crippen LogP contribution in [0.5, 0.6) is 11.5 Å². The molecule has 0 aliphatic carbocycles. The summed E-state index contributed by atoms with van der Waals surface area (Å²) in [5.41, 5.74) is 2.72. The first-order chi connectivity index (χ1) is 21.8. The van der Waals surface area contributed by atoms with Gasteiger partial charge in [-0.15, -0.1) is 0 Å². The van der Waals surface area contributed by atoms with Crippen LogP contribution >= 0.6 is 23.2 Å². The SMILES string of the molecule is CCCCc1cc(NC(=O)Nc2ccc(OCc3ccnc(NC(=O)N4CCCC4)c3)c(Cl)c2Cl)n(-c2ccc(OC)cc2)n1. The van der Waals surface area contributed by atoms with Gasteiger partial charge in [0.1, 0.15) is 34.8 Å². The molecule has 0 unspecified atom stereocenters. The number of unbranched alkanes of at least 4 members (excludes halogenated alkanes) is 1. The van der Waals surface area contributed by atoms with E-state index in [2.05, 4.69) is 27.9 Å². The molecular formula is C32H35Cl2N7O4. The molecule has 0 saturated carbocycles. The van der Waals surface area contributed by atoms with E-state index < -0.39 is 6.03 Å². The fourth-order valence-electron chi connectivity index (χ4n) is 4.83. The topological polar surface area (TPSA) is 123 Å². The zero-order valence-electron chi connectivity index (χ0n) is 25.1. The predicted molar refractivity (Wildman–Crippen MR) is 176 cm³/mol. The third-order valence-corrected chi connectivity index (χ3v) is 8.11. The fourth-order valence-corrected chi connectivity index (χ4v) is 5.25. The van der Waals surface area contributed by atoms with E-state index in [1.165, 1.54) is 0 Å². The van der Waals surface area contributed by atoms with Crippen molar-refractivity contribution in [2.24, 2.45) is 0 Å². The highest BCUT2D eigenvalue weighted by Crippen LogP contribution is 2.38. The average Bonchev–Trinajstić information content (AvgIpc) is 3.73. The number of carbonyl (C=O) groups is 2. The van der Waals surface area contributed by atoms with Crippen molar-refractivity contribution in [2.45, 2.75) is 45.6 Å². The molecule has 0 atom stereocenters. The lowest BCUT2D eigenvalue weighted by molar-refractivity contribution is 0.222. The van der Waals surface area contributed by atoms with E-state index in [0.717, 1.165) is 67.9 Å². The van der Waals surface area contributed by atoms with Crippen molar-refractivity contribution in [1.29, 1.82) is 0 Å². The number of hydrogen-bond donors (Lipinski definition) is 3. The van der Waals surface area contributed by atoms with E-state index in [-0.39, 0.29) is 22.7 Å². The molecule has 5 rings (SSSR count). The molecule has 3 heterocycles. The molecule has 3 N–H and O–H groups in total. The van der Waals surface area contributed by atoms with Crippen LogP contribution in [0.1, 0.15) is 43.9 Å². The molecule has 1 saturated heterocycles. The normalized spacial score (nSPS) is 12.6. The number of anilines is 3. The van der Waals surface area contributed by atoms with Crippen molar-refractivity contribution in [3.05, 3.63) is 82.1 Å². The number of pyridine rings is 1. The van der Waals surface area contributed by atoms with Crippen LogP contribution in [0.15, 0.2) is 60.8 Å². The zero-order valence-corrected chi connectivity index (χ0v) is 26.6. The van der Waals surface area contributed by atoms with Gasteiger partial charge in [0.2, 0.25) is 0 Å². The number of rotatable bonds is 11. The Morgan fingerprint density at radius 3 is 2.47 bits per heavy atom. The summed E-state index contributed by atoms with van der Waals surface area (Å²) in [5, 5.41) is 13.4. The lowest BCUT2D eigenvalue weighted by atomic mass is 10.2. The maximum Gasteiger partial charge on any atom is 0.324 e. The van der Waals surface area contributed by atoms with Crippen molar-refractivity contribution < 1.29 is 19.1 Å². The molecule has 13 heteroatoms. The maximum atomic E-state index is 13.1. The Labute approximate surface area is 271 Å². The van der Waals surface area contributed by atoms with Gasteiger partial charge in [0, 0.05) is 25.4 Å². The third kappa shape index (κ3) is 8.17. The second kappa shape index (κ2) is 15.0. The van der Waals surface area contributed by atoms with Crippen LogP contribution in [-0.4, -0.2) is 51.9 Å². The Balaban J connectivity index is 1.23. The number of nitrogens with zero attached hydrogens (tertiary/aromatic N) is 4. The van der Waals surface area contributed by atoms with Crippen LogP contribution in [-0.2, 0) is 13.0 Å². The molecule has 1 fully saturated rings. The van der Waals surface area contributed by atoms with Gasteiger partial charge in [-0.1, -0.05) is 36.5 Å². The van der Waals surface area contributed by atoms with Gasteiger partial charge >= 0.3 is 12.1 Å². The van der Waals surface area contributed by atoms with E-state index >= 15 is 0 Å². The van der Waals surface area contributed by atoms with Gasteiger partial charge in [-0.3, -0.25) is 10.6 Å². The highest BCUT2D eigenvalue weighted by Gasteiger charge is 2.19. The molecular weight excluding hydrogens is 617 g/mol. The van der Waals surface area contributed by atoms with E-state index in [0.29, 0.717) is 23.1 Å². The van der Waals surface area contributed by atoms with Crippen molar-refractivity contribution in [3.63, 3.8) is 0 Å². The van der Waals surface area contributed by atoms with Gasteiger partial charge in [0.25, 0.3) is 0 Å². The highest BCUT2D eigenvalue weighted by molar-refractivity contribution is 6.45. The summed E-state index contributed by atoms with van der Waals surface area (Å²) in [7, 11) is 1.61. The number of ether oxygens (including phenoxy) is 2. The second-order valence-electron chi connectivity index (χ2n) is 10.5. The van der Waals surface area contributed by atoms with Crippen LogP contribution in [0.3, 0.4) is 0 Å². The minimum absolute atomic E-state index is 0.130. The molecule has 0 spiro atoms. The standard InChI is InChI=1S/C32H35Cl2N7O4/c1-3-4-7-22-19-28(41(39-22)23-8-10-24(44-2)11-9-23)38-31(42)36-25-12-13-26(30(34)29(25)33)45-20-21-14-15-35-27(18-21)37-32(43)40-16-5-6-17-40/h8-15,18-19H,3-7,16-17,20H2,1-2H3,(H,35,37,43)(H2,36,38,42). The first-order valence-corrected chi connectivity index (χ1v) is 15.5. The molecule has 0 radical (unpaired) electrons. The summed E-state index contributed by atoms with van der Waals surface area (Å²) in [6.07, 6.45) is 6.41. The summed E-state index contributed by atoms with van der Waals surface area (Å²) in [5.74, 6) is 1.99. The van der Waals surface area contributed by atoms with Gasteiger partial charge < -0.3 is 19.7 Å².